The van der Waals surface area contributed by atoms with Gasteiger partial charge < -0.3 is 5.11 Å². The van der Waals surface area contributed by atoms with E-state index >= 15 is 0 Å². The zero-order chi connectivity index (χ0) is 10.6. The molecule has 1 aromatic rings. The molecule has 0 aliphatic carbocycles. The van der Waals surface area contributed by atoms with Crippen LogP contribution < -0.4 is 0 Å². The van der Waals surface area contributed by atoms with E-state index in [4.69, 9.17) is 5.11 Å². The third-order valence-electron chi connectivity index (χ3n) is 2.36. The Hall–Kier alpha value is -0.890. The predicted octanol–water partition coefficient (Wildman–Crippen LogP) is 2.82. The number of hydrogen-bond acceptors (Lipinski definition) is 1. The normalized spacial score (nSPS) is 15.1. The summed E-state index contributed by atoms with van der Waals surface area (Å²) in [7, 11) is 0. The van der Waals surface area contributed by atoms with Crippen LogP contribution in [0.2, 0.25) is 0 Å². The summed E-state index contributed by atoms with van der Waals surface area (Å²) in [6, 6.07) is 7.38. The maximum absolute atomic E-state index is 13.7. The van der Waals surface area contributed by atoms with Crippen molar-refractivity contribution in [1.29, 1.82) is 0 Å². The summed E-state index contributed by atoms with van der Waals surface area (Å²) in [6.45, 7) is 3.02. The number of benzene rings is 1. The van der Waals surface area contributed by atoms with Crippen LogP contribution in [0.3, 0.4) is 0 Å². The summed E-state index contributed by atoms with van der Waals surface area (Å²) < 4.78 is 13.7. The highest BCUT2D eigenvalue weighted by atomic mass is 19.1. The highest BCUT2D eigenvalue weighted by Crippen LogP contribution is 2.25. The average Bonchev–Trinajstić information content (AvgIpc) is 2.19. The van der Waals surface area contributed by atoms with Gasteiger partial charge in [-0.25, -0.2) is 4.39 Å². The number of aryl methyl sites for hydroxylation is 1. The summed E-state index contributed by atoms with van der Waals surface area (Å²) >= 11 is 0. The molecule has 0 aliphatic heterocycles. The first-order chi connectivity index (χ1) is 6.60. The summed E-state index contributed by atoms with van der Waals surface area (Å²) in [5.41, 5.74) is 0.0669. The quantitative estimate of drug-likeness (QED) is 0.785. The average molecular weight is 196 g/mol. The zero-order valence-electron chi connectivity index (χ0n) is 8.76. The zero-order valence-corrected chi connectivity index (χ0v) is 8.76. The van der Waals surface area contributed by atoms with E-state index < -0.39 is 12.3 Å². The van der Waals surface area contributed by atoms with Gasteiger partial charge in [0.15, 0.2) is 5.67 Å². The van der Waals surface area contributed by atoms with Gasteiger partial charge in [-0.15, -0.1) is 0 Å². The molecule has 1 nitrogen and oxygen atoms in total. The molecule has 0 amide bonds. The molecule has 0 heterocycles. The minimum Gasteiger partial charge on any atom is -0.393 e. The van der Waals surface area contributed by atoms with E-state index in [0.717, 1.165) is 18.4 Å². The molecule has 1 N–H and O–H groups in total. The van der Waals surface area contributed by atoms with E-state index in [1.54, 1.807) is 6.07 Å². The lowest BCUT2D eigenvalue weighted by Gasteiger charge is -2.18. The molecule has 1 rings (SSSR count). The molecule has 0 aromatic heterocycles. The van der Waals surface area contributed by atoms with Crippen LogP contribution in [0, 0.1) is 0 Å². The Labute approximate surface area is 84.6 Å². The SMILES string of the molecule is CCCc1cccc(C(C)(F)CO)c1. The van der Waals surface area contributed by atoms with Gasteiger partial charge in [-0.3, -0.25) is 0 Å². The van der Waals surface area contributed by atoms with Crippen molar-refractivity contribution < 1.29 is 9.50 Å². The van der Waals surface area contributed by atoms with E-state index in [1.807, 2.05) is 18.2 Å². The van der Waals surface area contributed by atoms with Gasteiger partial charge in [0.25, 0.3) is 0 Å². The van der Waals surface area contributed by atoms with E-state index in [2.05, 4.69) is 6.92 Å². The van der Waals surface area contributed by atoms with E-state index in [0.29, 0.717) is 5.56 Å². The minimum absolute atomic E-state index is 0.470. The monoisotopic (exact) mass is 196 g/mol. The van der Waals surface area contributed by atoms with Gasteiger partial charge >= 0.3 is 0 Å². The predicted molar refractivity (Wildman–Crippen MR) is 56.0 cm³/mol. The maximum Gasteiger partial charge on any atom is 0.156 e. The van der Waals surface area contributed by atoms with Crippen molar-refractivity contribution in [3.8, 4) is 0 Å². The number of aliphatic hydroxyl groups excluding tert-OH is 1. The molecule has 0 bridgehead atoms. The van der Waals surface area contributed by atoms with Crippen molar-refractivity contribution in [3.05, 3.63) is 35.4 Å². The second-order valence-corrected chi connectivity index (χ2v) is 3.81. The Morgan fingerprint density at radius 3 is 2.71 bits per heavy atom. The summed E-state index contributed by atoms with van der Waals surface area (Å²) in [5.74, 6) is 0. The standard InChI is InChI=1S/C12H17FO/c1-3-5-10-6-4-7-11(8-10)12(2,13)9-14/h4,6-8,14H,3,5,9H2,1-2H3. The van der Waals surface area contributed by atoms with Crippen LogP contribution in [0.1, 0.15) is 31.4 Å². The molecule has 2 heteroatoms. The largest absolute Gasteiger partial charge is 0.393 e. The third-order valence-corrected chi connectivity index (χ3v) is 2.36. The molecule has 0 radical (unpaired) electrons. The molecule has 0 spiro atoms. The second-order valence-electron chi connectivity index (χ2n) is 3.81. The van der Waals surface area contributed by atoms with Crippen molar-refractivity contribution in [1.82, 2.24) is 0 Å². The molecular formula is C12H17FO. The fraction of sp³-hybridized carbons (Fsp3) is 0.500. The van der Waals surface area contributed by atoms with Crippen LogP contribution in [-0.4, -0.2) is 11.7 Å². The Balaban J connectivity index is 2.93. The van der Waals surface area contributed by atoms with Crippen molar-refractivity contribution in [2.24, 2.45) is 0 Å². The Bertz CT molecular complexity index is 294. The smallest absolute Gasteiger partial charge is 0.156 e. The van der Waals surface area contributed by atoms with E-state index in [1.165, 1.54) is 6.92 Å². The first-order valence-electron chi connectivity index (χ1n) is 4.99. The minimum atomic E-state index is -1.62. The molecule has 1 aromatic carbocycles. The van der Waals surface area contributed by atoms with Gasteiger partial charge in [-0.2, -0.15) is 0 Å². The Morgan fingerprint density at radius 2 is 2.14 bits per heavy atom. The van der Waals surface area contributed by atoms with Crippen LogP contribution in [0.5, 0.6) is 0 Å². The molecule has 0 fully saturated rings. The van der Waals surface area contributed by atoms with Gasteiger partial charge in [0.1, 0.15) is 0 Å². The fourth-order valence-corrected chi connectivity index (χ4v) is 1.43. The van der Waals surface area contributed by atoms with Gasteiger partial charge in [-0.1, -0.05) is 37.6 Å². The van der Waals surface area contributed by atoms with Crippen molar-refractivity contribution in [2.75, 3.05) is 6.61 Å². The molecule has 14 heavy (non-hydrogen) atoms. The van der Waals surface area contributed by atoms with Crippen molar-refractivity contribution >= 4 is 0 Å². The van der Waals surface area contributed by atoms with Crippen LogP contribution in [-0.2, 0) is 12.1 Å². The number of hydrogen-bond donors (Lipinski definition) is 1. The number of rotatable bonds is 4. The molecule has 0 saturated carbocycles. The number of alkyl halides is 1. The summed E-state index contributed by atoms with van der Waals surface area (Å²) in [5, 5.41) is 8.89. The number of aliphatic hydroxyl groups is 1. The third kappa shape index (κ3) is 2.55. The Kier molecular flexibility index (Phi) is 3.64. The molecule has 78 valence electrons. The van der Waals surface area contributed by atoms with E-state index in [9.17, 15) is 4.39 Å². The molecule has 0 saturated heterocycles. The van der Waals surface area contributed by atoms with E-state index in [-0.39, 0.29) is 0 Å². The maximum atomic E-state index is 13.7. The van der Waals surface area contributed by atoms with Crippen LogP contribution in [0.25, 0.3) is 0 Å². The van der Waals surface area contributed by atoms with Crippen LogP contribution in [0.15, 0.2) is 24.3 Å². The topological polar surface area (TPSA) is 20.2 Å². The molecular weight excluding hydrogens is 179 g/mol. The fourth-order valence-electron chi connectivity index (χ4n) is 1.43. The van der Waals surface area contributed by atoms with Crippen LogP contribution in [0.4, 0.5) is 4.39 Å². The highest BCUT2D eigenvalue weighted by molar-refractivity contribution is 5.28. The van der Waals surface area contributed by atoms with Gasteiger partial charge in [0, 0.05) is 0 Å². The van der Waals surface area contributed by atoms with Gasteiger partial charge in [0.2, 0.25) is 0 Å². The first-order valence-corrected chi connectivity index (χ1v) is 4.99. The van der Waals surface area contributed by atoms with Gasteiger partial charge in [0.05, 0.1) is 6.61 Å². The lowest BCUT2D eigenvalue weighted by molar-refractivity contribution is 0.0867. The van der Waals surface area contributed by atoms with Crippen molar-refractivity contribution in [2.45, 2.75) is 32.4 Å². The number of halogens is 1. The highest BCUT2D eigenvalue weighted by Gasteiger charge is 2.24. The van der Waals surface area contributed by atoms with Crippen LogP contribution >= 0.6 is 0 Å². The summed E-state index contributed by atoms with van der Waals surface area (Å²) in [4.78, 5) is 0. The van der Waals surface area contributed by atoms with Gasteiger partial charge in [-0.05, 0) is 24.5 Å². The lowest BCUT2D eigenvalue weighted by atomic mass is 9.96. The lowest BCUT2D eigenvalue weighted by Crippen LogP contribution is -2.20. The molecule has 1 atom stereocenters. The molecule has 0 aliphatic rings. The summed E-state index contributed by atoms with van der Waals surface area (Å²) in [6.07, 6.45) is 2.00. The Morgan fingerprint density at radius 1 is 1.43 bits per heavy atom. The second kappa shape index (κ2) is 4.56. The first kappa shape index (κ1) is 11.2. The van der Waals surface area contributed by atoms with Crippen molar-refractivity contribution in [3.63, 3.8) is 0 Å². The molecule has 1 unspecified atom stereocenters.